The summed E-state index contributed by atoms with van der Waals surface area (Å²) in [4.78, 5) is 12.1. The number of nitrogens with one attached hydrogen (secondary N) is 1. The van der Waals surface area contributed by atoms with E-state index in [-0.39, 0.29) is 5.82 Å². The number of hydrogen-bond acceptors (Lipinski definition) is 7. The fourth-order valence-electron chi connectivity index (χ4n) is 3.62. The zero-order valence-corrected chi connectivity index (χ0v) is 19.8. The maximum atomic E-state index is 13.9. The summed E-state index contributed by atoms with van der Waals surface area (Å²) >= 11 is 2.27. The summed E-state index contributed by atoms with van der Waals surface area (Å²) in [5.41, 5.74) is 8.86. The second kappa shape index (κ2) is 8.82. The molecule has 1 aromatic carbocycles. The van der Waals surface area contributed by atoms with E-state index < -0.39 is 16.1 Å². The SMILES string of the molecule is CS(=O)(=O)NCCCCn1c(Cc2cc3c(cc2I)OCC3)nc2c(N)nc(F)nc21. The van der Waals surface area contributed by atoms with Crippen molar-refractivity contribution < 1.29 is 17.5 Å². The number of unbranched alkanes of at least 4 members (excludes halogenated alkanes) is 1. The van der Waals surface area contributed by atoms with E-state index >= 15 is 0 Å². The Balaban J connectivity index is 1.63. The molecule has 1 aliphatic heterocycles. The molecule has 0 amide bonds. The minimum Gasteiger partial charge on any atom is -0.493 e. The number of ether oxygens (including phenoxy) is 1. The van der Waals surface area contributed by atoms with Gasteiger partial charge in [0.15, 0.2) is 17.0 Å². The predicted octanol–water partition coefficient (Wildman–Crippen LogP) is 2.01. The molecule has 0 fully saturated rings. The van der Waals surface area contributed by atoms with Crippen LogP contribution < -0.4 is 15.2 Å². The summed E-state index contributed by atoms with van der Waals surface area (Å²) in [6, 6.07) is 4.15. The third-order valence-electron chi connectivity index (χ3n) is 5.05. The van der Waals surface area contributed by atoms with Crippen molar-refractivity contribution >= 4 is 49.6 Å². The number of aromatic nitrogens is 4. The monoisotopic (exact) mass is 560 g/mol. The zero-order valence-electron chi connectivity index (χ0n) is 16.9. The Morgan fingerprint density at radius 1 is 1.29 bits per heavy atom. The molecule has 0 unspecified atom stereocenters. The second-order valence-corrected chi connectivity index (χ2v) is 10.4. The topological polar surface area (TPSA) is 125 Å². The van der Waals surface area contributed by atoms with Crippen LogP contribution in [0.1, 0.15) is 29.8 Å². The van der Waals surface area contributed by atoms with Gasteiger partial charge in [-0.3, -0.25) is 0 Å². The van der Waals surface area contributed by atoms with E-state index in [1.807, 2.05) is 10.6 Å². The maximum absolute atomic E-state index is 13.9. The van der Waals surface area contributed by atoms with Crippen molar-refractivity contribution in [2.24, 2.45) is 0 Å². The average Bonchev–Trinajstić information content (AvgIpc) is 3.25. The van der Waals surface area contributed by atoms with E-state index in [0.717, 1.165) is 33.1 Å². The van der Waals surface area contributed by atoms with E-state index in [1.54, 1.807) is 0 Å². The molecule has 0 saturated carbocycles. The van der Waals surface area contributed by atoms with Crippen molar-refractivity contribution in [1.29, 1.82) is 0 Å². The highest BCUT2D eigenvalue weighted by molar-refractivity contribution is 14.1. The van der Waals surface area contributed by atoms with Crippen molar-refractivity contribution in [3.05, 3.63) is 38.7 Å². The number of sulfonamides is 1. The van der Waals surface area contributed by atoms with Gasteiger partial charge in [0.2, 0.25) is 10.0 Å². The number of aryl methyl sites for hydroxylation is 1. The molecule has 9 nitrogen and oxygen atoms in total. The van der Waals surface area contributed by atoms with Gasteiger partial charge in [0.1, 0.15) is 11.6 Å². The molecule has 0 spiro atoms. The number of halogens is 2. The number of nitrogens with two attached hydrogens (primary N) is 1. The van der Waals surface area contributed by atoms with E-state index in [0.29, 0.717) is 55.9 Å². The average molecular weight is 560 g/mol. The van der Waals surface area contributed by atoms with Crippen LogP contribution in [-0.2, 0) is 29.4 Å². The molecular formula is C19H22FIN6O3S. The maximum Gasteiger partial charge on any atom is 0.312 e. The number of rotatable bonds is 8. The van der Waals surface area contributed by atoms with Gasteiger partial charge < -0.3 is 15.0 Å². The van der Waals surface area contributed by atoms with Crippen molar-refractivity contribution in [3.8, 4) is 5.75 Å². The Kier molecular flexibility index (Phi) is 6.30. The Morgan fingerprint density at radius 2 is 2.10 bits per heavy atom. The number of nitrogen functional groups attached to an aromatic ring is 1. The Bertz CT molecular complexity index is 1250. The van der Waals surface area contributed by atoms with Gasteiger partial charge in [0.25, 0.3) is 0 Å². The van der Waals surface area contributed by atoms with Crippen molar-refractivity contribution in [3.63, 3.8) is 0 Å². The first kappa shape index (κ1) is 22.1. The molecular weight excluding hydrogens is 538 g/mol. The Labute approximate surface area is 192 Å². The molecule has 4 rings (SSSR count). The number of benzene rings is 1. The van der Waals surface area contributed by atoms with Crippen LogP contribution in [-0.4, -0.2) is 47.3 Å². The first-order chi connectivity index (χ1) is 14.7. The molecule has 3 heterocycles. The molecule has 12 heteroatoms. The van der Waals surface area contributed by atoms with Gasteiger partial charge in [-0.15, -0.1) is 0 Å². The van der Waals surface area contributed by atoms with E-state index in [4.69, 9.17) is 10.5 Å². The van der Waals surface area contributed by atoms with E-state index in [2.05, 4.69) is 48.3 Å². The predicted molar refractivity (Wildman–Crippen MR) is 123 cm³/mol. The van der Waals surface area contributed by atoms with Crippen LogP contribution in [0.15, 0.2) is 12.1 Å². The molecule has 0 aliphatic carbocycles. The third-order valence-corrected chi connectivity index (χ3v) is 6.79. The summed E-state index contributed by atoms with van der Waals surface area (Å²) in [6.07, 6.45) is 2.88. The molecule has 31 heavy (non-hydrogen) atoms. The number of hydrogen-bond donors (Lipinski definition) is 2. The van der Waals surface area contributed by atoms with Crippen LogP contribution in [0.3, 0.4) is 0 Å². The summed E-state index contributed by atoms with van der Waals surface area (Å²) < 4.78 is 47.3. The number of imidazole rings is 1. The minimum absolute atomic E-state index is 0.00158. The summed E-state index contributed by atoms with van der Waals surface area (Å²) in [5, 5.41) is 0. The van der Waals surface area contributed by atoms with Gasteiger partial charge in [-0.1, -0.05) is 6.07 Å². The standard InChI is InChI=1S/C19H22FIN6O3S/c1-31(28,29)23-5-2-3-6-27-15(24-16-17(22)25-19(20)26-18(16)27)9-12-8-11-4-7-30-14(11)10-13(12)21/h8,10,23H,2-7,9H2,1H3,(H2,22,25,26). The zero-order chi connectivity index (χ0) is 22.2. The third kappa shape index (κ3) is 5.06. The summed E-state index contributed by atoms with van der Waals surface area (Å²) in [5.74, 6) is 1.62. The van der Waals surface area contributed by atoms with Crippen LogP contribution >= 0.6 is 22.6 Å². The quantitative estimate of drug-likeness (QED) is 0.245. The van der Waals surface area contributed by atoms with Gasteiger partial charge in [0, 0.05) is 29.5 Å². The highest BCUT2D eigenvalue weighted by Crippen LogP contribution is 2.31. The second-order valence-electron chi connectivity index (χ2n) is 7.43. The highest BCUT2D eigenvalue weighted by atomic mass is 127. The highest BCUT2D eigenvalue weighted by Gasteiger charge is 2.20. The Morgan fingerprint density at radius 3 is 2.87 bits per heavy atom. The lowest BCUT2D eigenvalue weighted by atomic mass is 10.1. The van der Waals surface area contributed by atoms with E-state index in [9.17, 15) is 12.8 Å². The molecule has 166 valence electrons. The lowest BCUT2D eigenvalue weighted by Crippen LogP contribution is -2.23. The first-order valence-corrected chi connectivity index (χ1v) is 12.7. The molecule has 1 aliphatic rings. The van der Waals surface area contributed by atoms with Gasteiger partial charge in [0.05, 0.1) is 12.9 Å². The fourth-order valence-corrected chi connectivity index (χ4v) is 4.76. The lowest BCUT2D eigenvalue weighted by Gasteiger charge is -2.11. The van der Waals surface area contributed by atoms with Gasteiger partial charge >= 0.3 is 6.08 Å². The van der Waals surface area contributed by atoms with Crippen LogP contribution in [0.2, 0.25) is 0 Å². The van der Waals surface area contributed by atoms with Crippen molar-refractivity contribution in [2.45, 2.75) is 32.2 Å². The number of anilines is 1. The molecule has 0 radical (unpaired) electrons. The lowest BCUT2D eigenvalue weighted by molar-refractivity contribution is 0.356. The van der Waals surface area contributed by atoms with Crippen LogP contribution in [0, 0.1) is 9.65 Å². The molecule has 3 aromatic rings. The summed E-state index contributed by atoms with van der Waals surface area (Å²) in [7, 11) is -3.23. The molecule has 2 aromatic heterocycles. The Hall–Kier alpha value is -2.06. The van der Waals surface area contributed by atoms with Gasteiger partial charge in [-0.05, 0) is 52.6 Å². The van der Waals surface area contributed by atoms with Crippen LogP contribution in [0.4, 0.5) is 10.2 Å². The smallest absolute Gasteiger partial charge is 0.312 e. The van der Waals surface area contributed by atoms with Crippen LogP contribution in [0.25, 0.3) is 11.2 Å². The minimum atomic E-state index is -3.23. The van der Waals surface area contributed by atoms with Crippen molar-refractivity contribution in [2.75, 3.05) is 25.1 Å². The van der Waals surface area contributed by atoms with Crippen molar-refractivity contribution in [1.82, 2.24) is 24.2 Å². The fraction of sp³-hybridized carbons (Fsp3) is 0.421. The molecule has 3 N–H and O–H groups in total. The molecule has 0 atom stereocenters. The normalized spacial score (nSPS) is 13.5. The van der Waals surface area contributed by atoms with Gasteiger partial charge in [-0.25, -0.2) is 18.1 Å². The number of fused-ring (bicyclic) bond motifs is 2. The summed E-state index contributed by atoms with van der Waals surface area (Å²) in [6.45, 7) is 1.51. The van der Waals surface area contributed by atoms with E-state index in [1.165, 1.54) is 0 Å². The largest absolute Gasteiger partial charge is 0.493 e. The number of nitrogens with zero attached hydrogens (tertiary/aromatic N) is 4. The molecule has 0 bridgehead atoms. The first-order valence-electron chi connectivity index (χ1n) is 9.78. The van der Waals surface area contributed by atoms with Gasteiger partial charge in [-0.2, -0.15) is 14.4 Å². The molecule has 0 saturated heterocycles. The van der Waals surface area contributed by atoms with Crippen LogP contribution in [0.5, 0.6) is 5.75 Å².